The Balaban J connectivity index is 2.08. The average Bonchev–Trinajstić information content (AvgIpc) is 2.40. The lowest BCUT2D eigenvalue weighted by atomic mass is 9.86. The Bertz CT molecular complexity index is 567. The number of nitrogens with one attached hydrogen (secondary N) is 1. The van der Waals surface area contributed by atoms with E-state index in [9.17, 15) is 18.4 Å². The molecule has 0 heterocycles. The van der Waals surface area contributed by atoms with Crippen LogP contribution in [0.5, 0.6) is 0 Å². The third-order valence-corrected chi connectivity index (χ3v) is 4.23. The molecule has 1 aliphatic rings. The van der Waals surface area contributed by atoms with Gasteiger partial charge in [0, 0.05) is 22.3 Å². The molecule has 1 saturated carbocycles. The third-order valence-electron chi connectivity index (χ3n) is 3.56. The van der Waals surface area contributed by atoms with Crippen molar-refractivity contribution in [2.45, 2.75) is 31.6 Å². The summed E-state index contributed by atoms with van der Waals surface area (Å²) in [5.41, 5.74) is 0.196. The fourth-order valence-electron chi connectivity index (χ4n) is 2.34. The zero-order chi connectivity index (χ0) is 15.6. The summed E-state index contributed by atoms with van der Waals surface area (Å²) in [6.45, 7) is 0. The van der Waals surface area contributed by atoms with Gasteiger partial charge in [-0.25, -0.2) is 13.6 Å². The molecule has 0 unspecified atom stereocenters. The van der Waals surface area contributed by atoms with E-state index in [0.717, 1.165) is 3.57 Å². The van der Waals surface area contributed by atoms with Crippen LogP contribution in [0.15, 0.2) is 18.2 Å². The molecule has 21 heavy (non-hydrogen) atoms. The smallest absolute Gasteiger partial charge is 0.337 e. The molecule has 7 heteroatoms. The Morgan fingerprint density at radius 2 is 1.90 bits per heavy atom. The molecule has 0 spiro atoms. The molecule has 2 rings (SSSR count). The van der Waals surface area contributed by atoms with Crippen molar-refractivity contribution >= 4 is 40.2 Å². The van der Waals surface area contributed by atoms with Crippen molar-refractivity contribution in [2.24, 2.45) is 5.92 Å². The molecule has 0 aliphatic heterocycles. The SMILES string of the molecule is O=C(O)c1cc(I)ccc1NC(=O)C1CCC(F)(F)CC1. The average molecular weight is 409 g/mol. The molecule has 1 aromatic carbocycles. The van der Waals surface area contributed by atoms with Crippen molar-refractivity contribution in [3.05, 3.63) is 27.3 Å². The van der Waals surface area contributed by atoms with Crippen molar-refractivity contribution in [3.8, 4) is 0 Å². The van der Waals surface area contributed by atoms with E-state index in [0.29, 0.717) is 0 Å². The number of carbonyl (C=O) groups is 2. The normalized spacial score (nSPS) is 18.2. The number of aromatic carboxylic acids is 1. The van der Waals surface area contributed by atoms with Crippen molar-refractivity contribution in [1.29, 1.82) is 0 Å². The minimum atomic E-state index is -2.69. The fourth-order valence-corrected chi connectivity index (χ4v) is 2.83. The summed E-state index contributed by atoms with van der Waals surface area (Å²) < 4.78 is 26.9. The number of anilines is 1. The summed E-state index contributed by atoms with van der Waals surface area (Å²) in [6, 6.07) is 4.64. The molecule has 2 N–H and O–H groups in total. The van der Waals surface area contributed by atoms with Crippen LogP contribution in [0.2, 0.25) is 0 Å². The molecule has 0 saturated heterocycles. The molecule has 1 aliphatic carbocycles. The van der Waals surface area contributed by atoms with Gasteiger partial charge in [-0.2, -0.15) is 0 Å². The van der Waals surface area contributed by atoms with Crippen LogP contribution >= 0.6 is 22.6 Å². The van der Waals surface area contributed by atoms with Crippen LogP contribution in [0.4, 0.5) is 14.5 Å². The Hall–Kier alpha value is -1.25. The number of halogens is 3. The topological polar surface area (TPSA) is 66.4 Å². The monoisotopic (exact) mass is 409 g/mol. The minimum absolute atomic E-state index is 0.00334. The van der Waals surface area contributed by atoms with E-state index < -0.39 is 23.7 Å². The van der Waals surface area contributed by atoms with Crippen LogP contribution < -0.4 is 5.32 Å². The maximum Gasteiger partial charge on any atom is 0.337 e. The van der Waals surface area contributed by atoms with E-state index in [1.165, 1.54) is 12.1 Å². The van der Waals surface area contributed by atoms with Crippen LogP contribution in [0, 0.1) is 9.49 Å². The second-order valence-electron chi connectivity index (χ2n) is 5.11. The van der Waals surface area contributed by atoms with E-state index >= 15 is 0 Å². The summed E-state index contributed by atoms with van der Waals surface area (Å²) in [5, 5.41) is 11.7. The van der Waals surface area contributed by atoms with Gasteiger partial charge >= 0.3 is 5.97 Å². The molecule has 1 amide bonds. The van der Waals surface area contributed by atoms with Gasteiger partial charge in [0.05, 0.1) is 11.3 Å². The molecule has 0 bridgehead atoms. The van der Waals surface area contributed by atoms with Gasteiger partial charge in [-0.1, -0.05) is 0 Å². The standard InChI is InChI=1S/C14H14F2INO3/c15-14(16)5-3-8(4-6-14)12(19)18-11-2-1-9(17)7-10(11)13(20)21/h1-2,7-8H,3-6H2,(H,18,19)(H,20,21). The first-order valence-electron chi connectivity index (χ1n) is 6.50. The lowest BCUT2D eigenvalue weighted by Crippen LogP contribution is -2.32. The Morgan fingerprint density at radius 1 is 1.29 bits per heavy atom. The Kier molecular flexibility index (Phi) is 4.80. The van der Waals surface area contributed by atoms with Gasteiger partial charge in [0.15, 0.2) is 0 Å². The summed E-state index contributed by atoms with van der Waals surface area (Å²) in [4.78, 5) is 23.3. The molecule has 0 atom stereocenters. The molecular formula is C14H14F2INO3. The molecule has 1 fully saturated rings. The fraction of sp³-hybridized carbons (Fsp3) is 0.429. The number of rotatable bonds is 3. The predicted molar refractivity (Wildman–Crippen MR) is 81.7 cm³/mol. The van der Waals surface area contributed by atoms with E-state index in [2.05, 4.69) is 5.32 Å². The van der Waals surface area contributed by atoms with E-state index in [1.807, 2.05) is 22.6 Å². The Morgan fingerprint density at radius 3 is 2.48 bits per heavy atom. The molecule has 0 radical (unpaired) electrons. The number of hydrogen-bond acceptors (Lipinski definition) is 2. The number of amides is 1. The van der Waals surface area contributed by atoms with Crippen LogP contribution in [0.1, 0.15) is 36.0 Å². The largest absolute Gasteiger partial charge is 0.478 e. The highest BCUT2D eigenvalue weighted by Crippen LogP contribution is 2.36. The summed E-state index contributed by atoms with van der Waals surface area (Å²) in [7, 11) is 0. The highest BCUT2D eigenvalue weighted by Gasteiger charge is 2.37. The van der Waals surface area contributed by atoms with Crippen molar-refractivity contribution < 1.29 is 23.5 Å². The second kappa shape index (κ2) is 6.25. The number of benzene rings is 1. The van der Waals surface area contributed by atoms with E-state index in [4.69, 9.17) is 5.11 Å². The Labute approximate surface area is 134 Å². The van der Waals surface area contributed by atoms with Gasteiger partial charge in [-0.3, -0.25) is 4.79 Å². The van der Waals surface area contributed by atoms with Crippen LogP contribution in [0.3, 0.4) is 0 Å². The van der Waals surface area contributed by atoms with Gasteiger partial charge in [-0.05, 0) is 53.6 Å². The molecule has 114 valence electrons. The lowest BCUT2D eigenvalue weighted by molar-refractivity contribution is -0.124. The zero-order valence-electron chi connectivity index (χ0n) is 11.0. The maximum atomic E-state index is 13.1. The number of carboxylic acids is 1. The number of carbonyl (C=O) groups excluding carboxylic acids is 1. The highest BCUT2D eigenvalue weighted by atomic mass is 127. The van der Waals surface area contributed by atoms with Crippen molar-refractivity contribution in [2.75, 3.05) is 5.32 Å². The molecule has 1 aromatic rings. The number of hydrogen-bond donors (Lipinski definition) is 2. The predicted octanol–water partition coefficient (Wildman–Crippen LogP) is 3.75. The third kappa shape index (κ3) is 4.12. The summed E-state index contributed by atoms with van der Waals surface area (Å²) in [5.74, 6) is -4.72. The zero-order valence-corrected chi connectivity index (χ0v) is 13.2. The molecule has 0 aromatic heterocycles. The van der Waals surface area contributed by atoms with Gasteiger partial charge in [0.1, 0.15) is 0 Å². The minimum Gasteiger partial charge on any atom is -0.478 e. The summed E-state index contributed by atoms with van der Waals surface area (Å²) in [6.07, 6.45) is -0.371. The number of alkyl halides is 2. The molecule has 4 nitrogen and oxygen atoms in total. The van der Waals surface area contributed by atoms with Crippen LogP contribution in [-0.4, -0.2) is 22.9 Å². The first-order valence-corrected chi connectivity index (χ1v) is 7.58. The first kappa shape index (κ1) is 16.1. The van der Waals surface area contributed by atoms with Crippen LogP contribution in [-0.2, 0) is 4.79 Å². The van der Waals surface area contributed by atoms with Crippen molar-refractivity contribution in [1.82, 2.24) is 0 Å². The number of carboxylic acid groups (broad SMARTS) is 1. The van der Waals surface area contributed by atoms with Crippen molar-refractivity contribution in [3.63, 3.8) is 0 Å². The lowest BCUT2D eigenvalue weighted by Gasteiger charge is -2.27. The first-order chi connectivity index (χ1) is 9.78. The molecular weight excluding hydrogens is 395 g/mol. The second-order valence-corrected chi connectivity index (χ2v) is 6.36. The van der Waals surface area contributed by atoms with Gasteiger partial charge in [0.2, 0.25) is 11.8 Å². The highest BCUT2D eigenvalue weighted by molar-refractivity contribution is 14.1. The van der Waals surface area contributed by atoms with Gasteiger partial charge in [0.25, 0.3) is 0 Å². The summed E-state index contributed by atoms with van der Waals surface area (Å²) >= 11 is 1.98. The van der Waals surface area contributed by atoms with Gasteiger partial charge < -0.3 is 10.4 Å². The maximum absolute atomic E-state index is 13.1. The quantitative estimate of drug-likeness (QED) is 0.748. The van der Waals surface area contributed by atoms with Gasteiger partial charge in [-0.15, -0.1) is 0 Å². The van der Waals surface area contributed by atoms with Crippen LogP contribution in [0.25, 0.3) is 0 Å². The van der Waals surface area contributed by atoms with E-state index in [-0.39, 0.29) is 36.9 Å². The van der Waals surface area contributed by atoms with E-state index in [1.54, 1.807) is 6.07 Å².